The SMILES string of the molecule is COCc1ccccc1CNC(=O)c1cnn(Cc2ccccc2Cl)c1. The van der Waals surface area contributed by atoms with Crippen molar-refractivity contribution in [1.82, 2.24) is 15.1 Å². The maximum Gasteiger partial charge on any atom is 0.254 e. The smallest absolute Gasteiger partial charge is 0.254 e. The lowest BCUT2D eigenvalue weighted by atomic mass is 10.1. The monoisotopic (exact) mass is 369 g/mol. The van der Waals surface area contributed by atoms with Gasteiger partial charge in [0.15, 0.2) is 0 Å². The predicted molar refractivity (Wildman–Crippen MR) is 101 cm³/mol. The van der Waals surface area contributed by atoms with Crippen molar-refractivity contribution in [3.8, 4) is 0 Å². The molecular weight excluding hydrogens is 350 g/mol. The van der Waals surface area contributed by atoms with Crippen molar-refractivity contribution >= 4 is 17.5 Å². The van der Waals surface area contributed by atoms with Crippen LogP contribution in [0, 0.1) is 0 Å². The summed E-state index contributed by atoms with van der Waals surface area (Å²) in [5, 5.41) is 7.87. The maximum absolute atomic E-state index is 12.4. The molecular formula is C20H20ClN3O2. The lowest BCUT2D eigenvalue weighted by molar-refractivity contribution is 0.0950. The number of nitrogens with one attached hydrogen (secondary N) is 1. The average molecular weight is 370 g/mol. The van der Waals surface area contributed by atoms with E-state index < -0.39 is 0 Å². The Morgan fingerprint density at radius 1 is 1.12 bits per heavy atom. The summed E-state index contributed by atoms with van der Waals surface area (Å²) in [5.74, 6) is -0.164. The number of nitrogens with zero attached hydrogens (tertiary/aromatic N) is 2. The molecule has 134 valence electrons. The minimum atomic E-state index is -0.164. The summed E-state index contributed by atoms with van der Waals surface area (Å²) in [5.41, 5.74) is 3.56. The average Bonchev–Trinajstić information content (AvgIpc) is 3.12. The molecule has 1 amide bonds. The van der Waals surface area contributed by atoms with Gasteiger partial charge in [0.05, 0.1) is 24.9 Å². The van der Waals surface area contributed by atoms with Crippen molar-refractivity contribution in [2.24, 2.45) is 0 Å². The van der Waals surface area contributed by atoms with Crippen LogP contribution in [0.25, 0.3) is 0 Å². The van der Waals surface area contributed by atoms with Crippen molar-refractivity contribution in [2.75, 3.05) is 7.11 Å². The number of ether oxygens (including phenoxy) is 1. The first-order valence-electron chi connectivity index (χ1n) is 8.27. The Kier molecular flexibility index (Phi) is 6.04. The van der Waals surface area contributed by atoms with E-state index in [1.54, 1.807) is 24.2 Å². The Balaban J connectivity index is 1.63. The van der Waals surface area contributed by atoms with Crippen LogP contribution in [0.1, 0.15) is 27.0 Å². The van der Waals surface area contributed by atoms with Gasteiger partial charge in [-0.2, -0.15) is 5.10 Å². The van der Waals surface area contributed by atoms with Crippen LogP contribution >= 0.6 is 11.6 Å². The van der Waals surface area contributed by atoms with Crippen molar-refractivity contribution in [2.45, 2.75) is 19.7 Å². The molecule has 0 radical (unpaired) electrons. The highest BCUT2D eigenvalue weighted by Crippen LogP contribution is 2.16. The van der Waals surface area contributed by atoms with E-state index in [9.17, 15) is 4.79 Å². The first-order chi connectivity index (χ1) is 12.7. The largest absolute Gasteiger partial charge is 0.380 e. The zero-order chi connectivity index (χ0) is 18.4. The number of carbonyl (C=O) groups excluding carboxylic acids is 1. The molecule has 26 heavy (non-hydrogen) atoms. The molecule has 0 aliphatic heterocycles. The maximum atomic E-state index is 12.4. The second kappa shape index (κ2) is 8.65. The summed E-state index contributed by atoms with van der Waals surface area (Å²) in [6, 6.07) is 15.5. The fourth-order valence-electron chi connectivity index (χ4n) is 2.67. The number of carbonyl (C=O) groups is 1. The second-order valence-corrected chi connectivity index (χ2v) is 6.31. The standard InChI is InChI=1S/C20H20ClN3O2/c1-26-14-17-8-3-2-6-15(17)10-22-20(25)18-11-23-24(13-18)12-16-7-4-5-9-19(16)21/h2-9,11,13H,10,12,14H2,1H3,(H,22,25). The van der Waals surface area contributed by atoms with Crippen LogP contribution in [0.2, 0.25) is 5.02 Å². The molecule has 3 aromatic rings. The molecule has 1 N–H and O–H groups in total. The van der Waals surface area contributed by atoms with Gasteiger partial charge in [0, 0.05) is 24.9 Å². The Morgan fingerprint density at radius 2 is 1.81 bits per heavy atom. The Bertz CT molecular complexity index is 892. The minimum absolute atomic E-state index is 0.164. The van der Waals surface area contributed by atoms with Gasteiger partial charge >= 0.3 is 0 Å². The summed E-state index contributed by atoms with van der Waals surface area (Å²) < 4.78 is 6.90. The van der Waals surface area contributed by atoms with Crippen LogP contribution < -0.4 is 5.32 Å². The number of benzene rings is 2. The van der Waals surface area contributed by atoms with Crippen molar-refractivity contribution < 1.29 is 9.53 Å². The number of hydrogen-bond acceptors (Lipinski definition) is 3. The molecule has 0 unspecified atom stereocenters. The molecule has 0 atom stereocenters. The van der Waals surface area contributed by atoms with E-state index in [2.05, 4.69) is 10.4 Å². The number of hydrogen-bond donors (Lipinski definition) is 1. The van der Waals surface area contributed by atoms with Gasteiger partial charge in [-0.3, -0.25) is 9.48 Å². The highest BCUT2D eigenvalue weighted by Gasteiger charge is 2.10. The molecule has 3 rings (SSSR count). The van der Waals surface area contributed by atoms with Gasteiger partial charge in [-0.1, -0.05) is 54.1 Å². The van der Waals surface area contributed by atoms with Crippen molar-refractivity contribution in [1.29, 1.82) is 0 Å². The molecule has 0 spiro atoms. The summed E-state index contributed by atoms with van der Waals surface area (Å²) in [6.07, 6.45) is 3.28. The molecule has 0 bridgehead atoms. The van der Waals surface area contributed by atoms with E-state index >= 15 is 0 Å². The zero-order valence-electron chi connectivity index (χ0n) is 14.5. The van der Waals surface area contributed by atoms with Gasteiger partial charge in [-0.15, -0.1) is 0 Å². The van der Waals surface area contributed by atoms with E-state index in [0.717, 1.165) is 16.7 Å². The van der Waals surface area contributed by atoms with Crippen LogP contribution in [0.4, 0.5) is 0 Å². The van der Waals surface area contributed by atoms with E-state index in [1.165, 1.54) is 0 Å². The first-order valence-corrected chi connectivity index (χ1v) is 8.65. The lowest BCUT2D eigenvalue weighted by Gasteiger charge is -2.09. The topological polar surface area (TPSA) is 56.1 Å². The Labute approximate surface area is 157 Å². The van der Waals surface area contributed by atoms with Gasteiger partial charge in [-0.25, -0.2) is 0 Å². The third-order valence-corrected chi connectivity index (χ3v) is 4.41. The molecule has 6 heteroatoms. The highest BCUT2D eigenvalue weighted by molar-refractivity contribution is 6.31. The summed E-state index contributed by atoms with van der Waals surface area (Å²) in [7, 11) is 1.66. The van der Waals surface area contributed by atoms with Gasteiger partial charge in [-0.05, 0) is 22.8 Å². The molecule has 0 aliphatic rings. The molecule has 0 saturated carbocycles. The van der Waals surface area contributed by atoms with Crippen molar-refractivity contribution in [3.05, 3.63) is 88.2 Å². The number of methoxy groups -OCH3 is 1. The third-order valence-electron chi connectivity index (χ3n) is 4.04. The van der Waals surface area contributed by atoms with E-state index in [1.807, 2.05) is 48.5 Å². The van der Waals surface area contributed by atoms with E-state index in [0.29, 0.717) is 30.3 Å². The molecule has 0 saturated heterocycles. The zero-order valence-corrected chi connectivity index (χ0v) is 15.2. The number of rotatable bonds is 7. The minimum Gasteiger partial charge on any atom is -0.380 e. The lowest BCUT2D eigenvalue weighted by Crippen LogP contribution is -2.23. The molecule has 5 nitrogen and oxygen atoms in total. The predicted octanol–water partition coefficient (Wildman–Crippen LogP) is 3.66. The number of halogens is 1. The van der Waals surface area contributed by atoms with Crippen LogP contribution in [-0.4, -0.2) is 22.8 Å². The number of aromatic nitrogens is 2. The summed E-state index contributed by atoms with van der Waals surface area (Å²) in [4.78, 5) is 12.4. The van der Waals surface area contributed by atoms with Crippen LogP contribution in [0.5, 0.6) is 0 Å². The van der Waals surface area contributed by atoms with Gasteiger partial charge in [0.2, 0.25) is 0 Å². The van der Waals surface area contributed by atoms with Crippen LogP contribution in [0.15, 0.2) is 60.9 Å². The highest BCUT2D eigenvalue weighted by atomic mass is 35.5. The van der Waals surface area contributed by atoms with Crippen LogP contribution in [0.3, 0.4) is 0 Å². The summed E-state index contributed by atoms with van der Waals surface area (Å²) in [6.45, 7) is 1.47. The molecule has 1 aromatic heterocycles. The quantitative estimate of drug-likeness (QED) is 0.691. The number of amides is 1. The van der Waals surface area contributed by atoms with Gasteiger partial charge in [0.25, 0.3) is 5.91 Å². The van der Waals surface area contributed by atoms with E-state index in [4.69, 9.17) is 16.3 Å². The molecule has 2 aromatic carbocycles. The fourth-order valence-corrected chi connectivity index (χ4v) is 2.87. The fraction of sp³-hybridized carbons (Fsp3) is 0.200. The molecule has 0 aliphatic carbocycles. The summed E-state index contributed by atoms with van der Waals surface area (Å²) >= 11 is 6.17. The third kappa shape index (κ3) is 4.50. The first kappa shape index (κ1) is 18.2. The van der Waals surface area contributed by atoms with E-state index in [-0.39, 0.29) is 5.91 Å². The second-order valence-electron chi connectivity index (χ2n) is 5.90. The van der Waals surface area contributed by atoms with Gasteiger partial charge in [0.1, 0.15) is 0 Å². The Hall–Kier alpha value is -2.63. The van der Waals surface area contributed by atoms with Crippen LogP contribution in [-0.2, 0) is 24.4 Å². The van der Waals surface area contributed by atoms with Gasteiger partial charge < -0.3 is 10.1 Å². The normalized spacial score (nSPS) is 10.7. The molecule has 0 fully saturated rings. The molecule has 1 heterocycles. The van der Waals surface area contributed by atoms with Crippen molar-refractivity contribution in [3.63, 3.8) is 0 Å². The Morgan fingerprint density at radius 3 is 2.54 bits per heavy atom.